The molecule has 1 aromatic rings. The van der Waals surface area contributed by atoms with Gasteiger partial charge < -0.3 is 0 Å². The summed E-state index contributed by atoms with van der Waals surface area (Å²) in [7, 11) is -2.43. The molecular weight excluding hydrogens is 192 g/mol. The number of carbonyl (C=O) groups excluding carboxylic acids is 1. The van der Waals surface area contributed by atoms with E-state index in [9.17, 15) is 9.00 Å². The summed E-state index contributed by atoms with van der Waals surface area (Å²) < 4.78 is 14.6. The summed E-state index contributed by atoms with van der Waals surface area (Å²) in [4.78, 5) is 14.9. The van der Waals surface area contributed by atoms with Crippen LogP contribution in [-0.4, -0.2) is 37.8 Å². The van der Waals surface area contributed by atoms with Crippen molar-refractivity contribution in [3.05, 3.63) is 11.6 Å². The van der Waals surface area contributed by atoms with Crippen LogP contribution in [0.3, 0.4) is 0 Å². The molecule has 0 spiro atoms. The molecule has 6 nitrogen and oxygen atoms in total. The maximum absolute atomic E-state index is 11.2. The van der Waals surface area contributed by atoms with Crippen molar-refractivity contribution in [1.29, 1.82) is 0 Å². The molecule has 0 aromatic carbocycles. The maximum atomic E-state index is 11.2. The molecule has 0 aliphatic heterocycles. The second-order valence-corrected chi connectivity index (χ2v) is 5.37. The van der Waals surface area contributed by atoms with Crippen LogP contribution in [0.15, 0.2) is 4.36 Å². The number of hydrogen-bond acceptors (Lipinski definition) is 4. The molecule has 0 atom stereocenters. The fourth-order valence-corrected chi connectivity index (χ4v) is 1.16. The highest BCUT2D eigenvalue weighted by Crippen LogP contribution is 1.96. The summed E-state index contributed by atoms with van der Waals surface area (Å²) in [6.07, 6.45) is 2.76. The molecule has 0 saturated heterocycles. The van der Waals surface area contributed by atoms with Crippen LogP contribution in [0.4, 0.5) is 0 Å². The van der Waals surface area contributed by atoms with E-state index in [0.717, 1.165) is 0 Å². The van der Waals surface area contributed by atoms with Crippen LogP contribution in [0.25, 0.3) is 0 Å². The summed E-state index contributed by atoms with van der Waals surface area (Å²) in [6.45, 7) is 1.67. The van der Waals surface area contributed by atoms with Crippen LogP contribution in [0.2, 0.25) is 0 Å². The number of nitrogens with one attached hydrogen (secondary N) is 1. The van der Waals surface area contributed by atoms with E-state index in [2.05, 4.69) is 19.5 Å². The summed E-state index contributed by atoms with van der Waals surface area (Å²) in [5.41, 5.74) is 0. The van der Waals surface area contributed by atoms with Crippen molar-refractivity contribution in [3.8, 4) is 0 Å². The Balaban J connectivity index is 3.01. The van der Waals surface area contributed by atoms with Gasteiger partial charge in [-0.2, -0.15) is 4.36 Å². The normalized spacial score (nSPS) is 11.3. The first-order chi connectivity index (χ1) is 5.88. The highest BCUT2D eigenvalue weighted by molar-refractivity contribution is 7.92. The van der Waals surface area contributed by atoms with Crippen LogP contribution in [0.5, 0.6) is 0 Å². The molecule has 1 heterocycles. The van der Waals surface area contributed by atoms with Crippen molar-refractivity contribution >= 4 is 15.6 Å². The van der Waals surface area contributed by atoms with Crippen LogP contribution >= 0.6 is 0 Å². The number of hydrogen-bond donors (Lipinski definition) is 1. The zero-order valence-corrected chi connectivity index (χ0v) is 8.38. The van der Waals surface area contributed by atoms with Crippen molar-refractivity contribution in [3.63, 3.8) is 0 Å². The minimum absolute atomic E-state index is 0.0473. The number of rotatable bonds is 1. The van der Waals surface area contributed by atoms with Gasteiger partial charge in [0.1, 0.15) is 5.82 Å². The van der Waals surface area contributed by atoms with Crippen molar-refractivity contribution < 1.29 is 9.00 Å². The van der Waals surface area contributed by atoms with Gasteiger partial charge in [0.2, 0.25) is 5.82 Å². The highest BCUT2D eigenvalue weighted by Gasteiger charge is 2.10. The second kappa shape index (κ2) is 3.25. The smallest absolute Gasteiger partial charge is 0.263 e. The molecule has 0 bridgehead atoms. The zero-order chi connectivity index (χ0) is 10.1. The largest absolute Gasteiger partial charge is 0.324 e. The van der Waals surface area contributed by atoms with E-state index in [1.165, 1.54) is 12.5 Å². The van der Waals surface area contributed by atoms with E-state index in [1.54, 1.807) is 6.92 Å². The van der Waals surface area contributed by atoms with Gasteiger partial charge in [-0.1, -0.05) is 0 Å². The Bertz CT molecular complexity index is 433. The first kappa shape index (κ1) is 9.85. The lowest BCUT2D eigenvalue weighted by Gasteiger charge is -1.90. The lowest BCUT2D eigenvalue weighted by Crippen LogP contribution is -2.03. The minimum atomic E-state index is -2.43. The minimum Gasteiger partial charge on any atom is -0.263 e. The average Bonchev–Trinajstić information content (AvgIpc) is 2.31. The summed E-state index contributed by atoms with van der Waals surface area (Å²) in [5.74, 6) is -0.175. The van der Waals surface area contributed by atoms with Gasteiger partial charge in [-0.3, -0.25) is 9.89 Å². The van der Waals surface area contributed by atoms with E-state index in [-0.39, 0.29) is 5.82 Å². The first-order valence-electron chi connectivity index (χ1n) is 3.49. The van der Waals surface area contributed by atoms with Gasteiger partial charge in [0.25, 0.3) is 0 Å². The van der Waals surface area contributed by atoms with Gasteiger partial charge in [0, 0.05) is 22.2 Å². The molecule has 0 unspecified atom stereocenters. The first-order valence-corrected chi connectivity index (χ1v) is 5.82. The molecule has 1 rings (SSSR count). The molecule has 1 amide bonds. The number of aromatic nitrogens is 3. The number of aromatic amines is 1. The molecule has 0 saturated carbocycles. The van der Waals surface area contributed by atoms with Gasteiger partial charge in [-0.15, -0.1) is 5.10 Å². The Morgan fingerprint density at radius 2 is 2.15 bits per heavy atom. The summed E-state index contributed by atoms with van der Waals surface area (Å²) in [5, 5.41) is 6.10. The van der Waals surface area contributed by atoms with Crippen molar-refractivity contribution in [2.75, 3.05) is 12.5 Å². The maximum Gasteiger partial charge on any atom is 0.324 e. The van der Waals surface area contributed by atoms with Crippen LogP contribution in [0.1, 0.15) is 16.4 Å². The molecule has 0 aliphatic rings. The highest BCUT2D eigenvalue weighted by atomic mass is 32.2. The Morgan fingerprint density at radius 1 is 1.54 bits per heavy atom. The fourth-order valence-electron chi connectivity index (χ4n) is 0.679. The number of nitrogens with zero attached hydrogens (tertiary/aromatic N) is 3. The third kappa shape index (κ3) is 2.94. The SMILES string of the molecule is Cc1nc(C(=O)N=S(C)(C)=O)n[nH]1. The van der Waals surface area contributed by atoms with Gasteiger partial charge in [0.15, 0.2) is 0 Å². The zero-order valence-electron chi connectivity index (χ0n) is 7.57. The van der Waals surface area contributed by atoms with Crippen LogP contribution in [-0.2, 0) is 9.73 Å². The molecule has 0 fully saturated rings. The quantitative estimate of drug-likeness (QED) is 0.693. The number of H-pyrrole nitrogens is 1. The predicted molar refractivity (Wildman–Crippen MR) is 47.9 cm³/mol. The molecule has 13 heavy (non-hydrogen) atoms. The molecule has 72 valence electrons. The van der Waals surface area contributed by atoms with Gasteiger partial charge >= 0.3 is 5.91 Å². The van der Waals surface area contributed by atoms with Crippen LogP contribution in [0, 0.1) is 6.92 Å². The number of amides is 1. The average molecular weight is 202 g/mol. The second-order valence-electron chi connectivity index (χ2n) is 2.82. The monoisotopic (exact) mass is 202 g/mol. The van der Waals surface area contributed by atoms with E-state index in [4.69, 9.17) is 0 Å². The fraction of sp³-hybridized carbons (Fsp3) is 0.500. The topological polar surface area (TPSA) is 88.1 Å². The molecule has 1 N–H and O–H groups in total. The standard InChI is InChI=1S/C6H10N4O2S/c1-4-7-5(9-8-4)6(11)10-13(2,3)12/h1-3H3,(H,7,8,9). The van der Waals surface area contributed by atoms with Gasteiger partial charge in [-0.05, 0) is 6.92 Å². The molecule has 7 heteroatoms. The van der Waals surface area contributed by atoms with E-state index < -0.39 is 15.6 Å². The van der Waals surface area contributed by atoms with Crippen molar-refractivity contribution in [2.24, 2.45) is 4.36 Å². The third-order valence-corrected chi connectivity index (χ3v) is 1.70. The molecule has 0 radical (unpaired) electrons. The number of aryl methyl sites for hydroxylation is 1. The molecular formula is C6H10N4O2S. The Morgan fingerprint density at radius 3 is 2.54 bits per heavy atom. The lowest BCUT2D eigenvalue weighted by atomic mass is 10.6. The predicted octanol–water partition coefficient (Wildman–Crippen LogP) is -0.0191. The number of carbonyl (C=O) groups is 1. The Kier molecular flexibility index (Phi) is 2.46. The Hall–Kier alpha value is -1.24. The lowest BCUT2D eigenvalue weighted by molar-refractivity contribution is 0.0995. The van der Waals surface area contributed by atoms with E-state index in [0.29, 0.717) is 5.82 Å². The summed E-state index contributed by atoms with van der Waals surface area (Å²) in [6, 6.07) is 0. The van der Waals surface area contributed by atoms with Gasteiger partial charge in [-0.25, -0.2) is 9.19 Å². The van der Waals surface area contributed by atoms with Crippen LogP contribution < -0.4 is 0 Å². The van der Waals surface area contributed by atoms with Crippen molar-refractivity contribution in [1.82, 2.24) is 15.2 Å². The van der Waals surface area contributed by atoms with E-state index in [1.807, 2.05) is 0 Å². The van der Waals surface area contributed by atoms with Gasteiger partial charge in [0.05, 0.1) is 0 Å². The molecule has 1 aromatic heterocycles. The third-order valence-electron chi connectivity index (χ3n) is 1.09. The van der Waals surface area contributed by atoms with Crippen molar-refractivity contribution in [2.45, 2.75) is 6.92 Å². The van der Waals surface area contributed by atoms with E-state index >= 15 is 0 Å². The summed E-state index contributed by atoms with van der Waals surface area (Å²) >= 11 is 0. The Labute approximate surface area is 75.9 Å². The molecule has 0 aliphatic carbocycles.